The lowest BCUT2D eigenvalue weighted by Gasteiger charge is -2.03. The third kappa shape index (κ3) is 9.25. The van der Waals surface area contributed by atoms with Gasteiger partial charge in [-0.3, -0.25) is 4.79 Å². The van der Waals surface area contributed by atoms with Crippen molar-refractivity contribution >= 4 is 5.91 Å². The third-order valence-corrected chi connectivity index (χ3v) is 0.966. The van der Waals surface area contributed by atoms with Gasteiger partial charge in [-0.1, -0.05) is 0 Å². The Bertz CT molecular complexity index is 133. The number of nitrogens with two attached hydrogens (primary N) is 1. The highest BCUT2D eigenvalue weighted by Gasteiger charge is 2.00. The molecule has 0 spiro atoms. The van der Waals surface area contributed by atoms with Crippen molar-refractivity contribution in [2.24, 2.45) is 5.73 Å². The molecule has 0 aromatic heterocycles. The molecule has 0 rings (SSSR count). The summed E-state index contributed by atoms with van der Waals surface area (Å²) < 4.78 is 27.4. The van der Waals surface area contributed by atoms with Crippen molar-refractivity contribution in [1.29, 1.82) is 0 Å². The van der Waals surface area contributed by atoms with Crippen molar-refractivity contribution in [3.8, 4) is 0 Å². The minimum atomic E-state index is -2.44. The molecule has 0 heterocycles. The molecular formula is C6H12F2N2O2. The van der Waals surface area contributed by atoms with Crippen molar-refractivity contribution in [3.63, 3.8) is 0 Å². The van der Waals surface area contributed by atoms with E-state index >= 15 is 0 Å². The van der Waals surface area contributed by atoms with Crippen LogP contribution in [-0.2, 0) is 9.53 Å². The molecule has 0 aliphatic carbocycles. The number of hydrogen-bond acceptors (Lipinski definition) is 3. The first kappa shape index (κ1) is 11.2. The number of carbonyl (C=O) groups is 1. The van der Waals surface area contributed by atoms with Crippen molar-refractivity contribution in [2.75, 3.05) is 26.3 Å². The zero-order valence-corrected chi connectivity index (χ0v) is 6.56. The normalized spacial score (nSPS) is 10.6. The smallest absolute Gasteiger partial charge is 0.261 e. The minimum absolute atomic E-state index is 0.0397. The van der Waals surface area contributed by atoms with Crippen LogP contribution in [0.3, 0.4) is 0 Å². The summed E-state index contributed by atoms with van der Waals surface area (Å²) in [7, 11) is 0. The van der Waals surface area contributed by atoms with E-state index in [1.54, 1.807) is 0 Å². The van der Waals surface area contributed by atoms with Crippen LogP contribution in [0, 0.1) is 0 Å². The molecule has 72 valence electrons. The standard InChI is InChI=1S/C6H12F2N2O2/c7-5(8)4-12-2-1-10-3-6(9)11/h5,10H,1-4H2,(H2,9,11). The molecule has 6 heteroatoms. The molecule has 12 heavy (non-hydrogen) atoms. The summed E-state index contributed by atoms with van der Waals surface area (Å²) in [6, 6.07) is 0. The Labute approximate surface area is 69.1 Å². The second kappa shape index (κ2) is 6.93. The highest BCUT2D eigenvalue weighted by atomic mass is 19.3. The van der Waals surface area contributed by atoms with Crippen LogP contribution in [0.2, 0.25) is 0 Å². The van der Waals surface area contributed by atoms with E-state index in [-0.39, 0.29) is 13.2 Å². The first-order chi connectivity index (χ1) is 5.63. The molecule has 0 saturated carbocycles. The van der Waals surface area contributed by atoms with Gasteiger partial charge in [0.05, 0.1) is 13.2 Å². The summed E-state index contributed by atoms with van der Waals surface area (Å²) in [4.78, 5) is 10.1. The van der Waals surface area contributed by atoms with Gasteiger partial charge in [0.15, 0.2) is 0 Å². The third-order valence-electron chi connectivity index (χ3n) is 0.966. The molecule has 0 aliphatic heterocycles. The topological polar surface area (TPSA) is 64.4 Å². The SMILES string of the molecule is NC(=O)CNCCOCC(F)F. The number of hydrogen-bond donors (Lipinski definition) is 2. The predicted molar refractivity (Wildman–Crippen MR) is 38.9 cm³/mol. The zero-order valence-electron chi connectivity index (χ0n) is 6.56. The van der Waals surface area contributed by atoms with Gasteiger partial charge in [-0.05, 0) is 0 Å². The molecule has 0 atom stereocenters. The minimum Gasteiger partial charge on any atom is -0.374 e. The Morgan fingerprint density at radius 3 is 2.75 bits per heavy atom. The van der Waals surface area contributed by atoms with E-state index in [1.165, 1.54) is 0 Å². The lowest BCUT2D eigenvalue weighted by atomic mass is 10.6. The van der Waals surface area contributed by atoms with Crippen LogP contribution in [0.5, 0.6) is 0 Å². The maximum Gasteiger partial charge on any atom is 0.261 e. The maximum atomic E-state index is 11.5. The monoisotopic (exact) mass is 182 g/mol. The molecular weight excluding hydrogens is 170 g/mol. The Balaban J connectivity index is 2.96. The lowest BCUT2D eigenvalue weighted by molar-refractivity contribution is -0.117. The number of amides is 1. The maximum absolute atomic E-state index is 11.5. The van der Waals surface area contributed by atoms with Gasteiger partial charge >= 0.3 is 0 Å². The molecule has 0 radical (unpaired) electrons. The number of rotatable bonds is 7. The van der Waals surface area contributed by atoms with Crippen LogP contribution < -0.4 is 11.1 Å². The fourth-order valence-electron chi connectivity index (χ4n) is 0.528. The molecule has 0 aliphatic rings. The molecule has 0 aromatic carbocycles. The predicted octanol–water partition coefficient (Wildman–Crippen LogP) is -0.657. The number of ether oxygens (including phenoxy) is 1. The highest BCUT2D eigenvalue weighted by molar-refractivity contribution is 5.75. The fraction of sp³-hybridized carbons (Fsp3) is 0.833. The first-order valence-electron chi connectivity index (χ1n) is 3.48. The Morgan fingerprint density at radius 1 is 1.58 bits per heavy atom. The fourth-order valence-corrected chi connectivity index (χ4v) is 0.528. The molecule has 1 amide bonds. The first-order valence-corrected chi connectivity index (χ1v) is 3.48. The van der Waals surface area contributed by atoms with Gasteiger partial charge in [0.2, 0.25) is 5.91 Å². The average molecular weight is 182 g/mol. The van der Waals surface area contributed by atoms with E-state index < -0.39 is 18.9 Å². The molecule has 4 nitrogen and oxygen atoms in total. The second-order valence-corrected chi connectivity index (χ2v) is 2.11. The van der Waals surface area contributed by atoms with Crippen LogP contribution in [0.15, 0.2) is 0 Å². The summed E-state index contributed by atoms with van der Waals surface area (Å²) in [5.41, 5.74) is 4.79. The van der Waals surface area contributed by atoms with E-state index in [9.17, 15) is 13.6 Å². The van der Waals surface area contributed by atoms with E-state index in [0.717, 1.165) is 0 Å². The summed E-state index contributed by atoms with van der Waals surface area (Å²) >= 11 is 0. The quantitative estimate of drug-likeness (QED) is 0.514. The van der Waals surface area contributed by atoms with Gasteiger partial charge in [0.1, 0.15) is 6.61 Å². The number of alkyl halides is 2. The van der Waals surface area contributed by atoms with E-state index in [0.29, 0.717) is 6.54 Å². The van der Waals surface area contributed by atoms with Crippen LogP contribution in [0.25, 0.3) is 0 Å². The number of carbonyl (C=O) groups excluding carboxylic acids is 1. The molecule has 0 bridgehead atoms. The van der Waals surface area contributed by atoms with Crippen molar-refractivity contribution < 1.29 is 18.3 Å². The van der Waals surface area contributed by atoms with Crippen LogP contribution >= 0.6 is 0 Å². The summed E-state index contributed by atoms with van der Waals surface area (Å²) in [6.45, 7) is -0.0381. The van der Waals surface area contributed by atoms with Gasteiger partial charge in [0.25, 0.3) is 6.43 Å². The Morgan fingerprint density at radius 2 is 2.25 bits per heavy atom. The lowest BCUT2D eigenvalue weighted by Crippen LogP contribution is -2.31. The second-order valence-electron chi connectivity index (χ2n) is 2.11. The zero-order chi connectivity index (χ0) is 9.40. The number of halogens is 2. The Hall–Kier alpha value is -0.750. The average Bonchev–Trinajstić information content (AvgIpc) is 1.95. The summed E-state index contributed by atoms with van der Waals surface area (Å²) in [5.74, 6) is -0.483. The number of primary amides is 1. The van der Waals surface area contributed by atoms with Crippen LogP contribution in [-0.4, -0.2) is 38.6 Å². The molecule has 0 unspecified atom stereocenters. The van der Waals surface area contributed by atoms with E-state index in [4.69, 9.17) is 5.73 Å². The van der Waals surface area contributed by atoms with E-state index in [2.05, 4.69) is 10.1 Å². The van der Waals surface area contributed by atoms with Gasteiger partial charge < -0.3 is 15.8 Å². The molecule has 3 N–H and O–H groups in total. The summed E-state index contributed by atoms with van der Waals surface area (Å²) in [6.07, 6.45) is -2.44. The van der Waals surface area contributed by atoms with Crippen LogP contribution in [0.1, 0.15) is 0 Å². The van der Waals surface area contributed by atoms with Crippen molar-refractivity contribution in [2.45, 2.75) is 6.43 Å². The van der Waals surface area contributed by atoms with Crippen molar-refractivity contribution in [1.82, 2.24) is 5.32 Å². The number of nitrogens with one attached hydrogen (secondary N) is 1. The van der Waals surface area contributed by atoms with Gasteiger partial charge in [-0.15, -0.1) is 0 Å². The van der Waals surface area contributed by atoms with Crippen LogP contribution in [0.4, 0.5) is 8.78 Å². The largest absolute Gasteiger partial charge is 0.374 e. The molecule has 0 fully saturated rings. The van der Waals surface area contributed by atoms with Gasteiger partial charge in [-0.2, -0.15) is 0 Å². The molecule has 0 saturated heterocycles. The van der Waals surface area contributed by atoms with Gasteiger partial charge in [-0.25, -0.2) is 8.78 Å². The highest BCUT2D eigenvalue weighted by Crippen LogP contribution is 1.90. The van der Waals surface area contributed by atoms with E-state index in [1.807, 2.05) is 0 Å². The Kier molecular flexibility index (Phi) is 6.50. The molecule has 0 aromatic rings. The van der Waals surface area contributed by atoms with Gasteiger partial charge in [0, 0.05) is 6.54 Å². The van der Waals surface area contributed by atoms with Crippen molar-refractivity contribution in [3.05, 3.63) is 0 Å². The summed E-state index contributed by atoms with van der Waals surface area (Å²) in [5, 5.41) is 2.61.